The maximum absolute atomic E-state index is 12.6. The number of aromatic nitrogens is 1. The van der Waals surface area contributed by atoms with Crippen LogP contribution in [0.1, 0.15) is 17.4 Å². The number of carbonyl (C=O) groups is 2. The van der Waals surface area contributed by atoms with Gasteiger partial charge in [-0.05, 0) is 15.9 Å². The van der Waals surface area contributed by atoms with Crippen LogP contribution in [0, 0.1) is 0 Å². The smallest absolute Gasteiger partial charge is 0.270 e. The lowest BCUT2D eigenvalue weighted by Crippen LogP contribution is -2.50. The first-order chi connectivity index (χ1) is 9.97. The zero-order valence-corrected chi connectivity index (χ0v) is 13.5. The average molecular weight is 354 g/mol. The Labute approximate surface area is 130 Å². The van der Waals surface area contributed by atoms with Gasteiger partial charge in [0.25, 0.3) is 5.91 Å². The van der Waals surface area contributed by atoms with Crippen LogP contribution in [0.3, 0.4) is 0 Å². The Kier molecular flexibility index (Phi) is 3.52. The molecule has 0 aliphatic carbocycles. The van der Waals surface area contributed by atoms with Crippen molar-refractivity contribution in [2.24, 2.45) is 7.05 Å². The Morgan fingerprint density at radius 1 is 1.14 bits per heavy atom. The highest BCUT2D eigenvalue weighted by Gasteiger charge is 2.26. The topological polar surface area (TPSA) is 58.7 Å². The number of rotatable bonds is 1. The lowest BCUT2D eigenvalue weighted by molar-refractivity contribution is -0.130. The predicted molar refractivity (Wildman–Crippen MR) is 81.0 cm³/mol. The van der Waals surface area contributed by atoms with Crippen molar-refractivity contribution in [2.45, 2.75) is 6.92 Å². The highest BCUT2D eigenvalue weighted by Crippen LogP contribution is 2.26. The molecule has 2 aromatic heterocycles. The van der Waals surface area contributed by atoms with E-state index in [0.717, 1.165) is 5.52 Å². The van der Waals surface area contributed by atoms with Gasteiger partial charge in [-0.25, -0.2) is 0 Å². The molecule has 1 aliphatic heterocycles. The van der Waals surface area contributed by atoms with Gasteiger partial charge in [0.1, 0.15) is 5.69 Å². The molecule has 112 valence electrons. The summed E-state index contributed by atoms with van der Waals surface area (Å²) in [6.45, 7) is 3.87. The molecule has 7 heteroatoms. The van der Waals surface area contributed by atoms with Gasteiger partial charge in [0.15, 0.2) is 10.3 Å². The summed E-state index contributed by atoms with van der Waals surface area (Å²) in [6, 6.07) is 3.61. The third-order valence-corrected chi connectivity index (χ3v) is 4.32. The summed E-state index contributed by atoms with van der Waals surface area (Å²) in [5.41, 5.74) is 2.18. The highest BCUT2D eigenvalue weighted by atomic mass is 79.9. The number of amides is 2. The molecule has 1 aliphatic rings. The number of nitrogens with zero attached hydrogens (tertiary/aromatic N) is 3. The van der Waals surface area contributed by atoms with Gasteiger partial charge in [-0.1, -0.05) is 0 Å². The van der Waals surface area contributed by atoms with Crippen molar-refractivity contribution in [3.8, 4) is 0 Å². The lowest BCUT2D eigenvalue weighted by Gasteiger charge is -2.34. The maximum Gasteiger partial charge on any atom is 0.270 e. The van der Waals surface area contributed by atoms with E-state index < -0.39 is 0 Å². The minimum absolute atomic E-state index is 0.0248. The van der Waals surface area contributed by atoms with E-state index in [2.05, 4.69) is 15.9 Å². The summed E-state index contributed by atoms with van der Waals surface area (Å²) < 4.78 is 7.97. The second-order valence-electron chi connectivity index (χ2n) is 5.19. The Hall–Kier alpha value is -1.76. The first-order valence-corrected chi connectivity index (χ1v) is 7.56. The number of aryl methyl sites for hydroxylation is 1. The van der Waals surface area contributed by atoms with Crippen LogP contribution < -0.4 is 0 Å². The molecule has 0 unspecified atom stereocenters. The zero-order valence-electron chi connectivity index (χ0n) is 11.9. The van der Waals surface area contributed by atoms with E-state index in [1.807, 2.05) is 17.7 Å². The van der Waals surface area contributed by atoms with Crippen LogP contribution in [0.5, 0.6) is 0 Å². The number of carbonyl (C=O) groups excluding carboxylic acids is 2. The number of fused-ring (bicyclic) bond motifs is 1. The average Bonchev–Trinajstić information content (AvgIpc) is 2.96. The summed E-state index contributed by atoms with van der Waals surface area (Å²) in [5, 5.41) is 0. The Morgan fingerprint density at radius 2 is 1.76 bits per heavy atom. The van der Waals surface area contributed by atoms with Gasteiger partial charge in [0, 0.05) is 52.3 Å². The normalized spacial score (nSPS) is 15.8. The molecule has 0 N–H and O–H groups in total. The second-order valence-corrected chi connectivity index (χ2v) is 5.97. The van der Waals surface area contributed by atoms with Crippen molar-refractivity contribution in [3.63, 3.8) is 0 Å². The summed E-state index contributed by atoms with van der Waals surface area (Å²) in [6.07, 6.45) is 0. The number of hydrogen-bond acceptors (Lipinski definition) is 3. The van der Waals surface area contributed by atoms with Crippen LogP contribution in [0.4, 0.5) is 0 Å². The predicted octanol–water partition coefficient (Wildman–Crippen LogP) is 1.84. The van der Waals surface area contributed by atoms with Crippen LogP contribution in [0.2, 0.25) is 0 Å². The lowest BCUT2D eigenvalue weighted by atomic mass is 10.2. The maximum atomic E-state index is 12.6. The van der Waals surface area contributed by atoms with Gasteiger partial charge in [-0.15, -0.1) is 0 Å². The molecule has 6 nitrogen and oxygen atoms in total. The molecule has 0 spiro atoms. The molecule has 3 heterocycles. The monoisotopic (exact) mass is 353 g/mol. The quantitative estimate of drug-likeness (QED) is 0.785. The molecule has 3 rings (SSSR count). The standard InChI is InChI=1S/C14H16BrN3O3/c1-9(19)17-3-5-18(6-4-17)14(20)11-7-12-10(16(11)2)8-13(15)21-12/h7-8H,3-6H2,1-2H3. The summed E-state index contributed by atoms with van der Waals surface area (Å²) in [4.78, 5) is 27.5. The van der Waals surface area contributed by atoms with Crippen molar-refractivity contribution in [1.29, 1.82) is 0 Å². The minimum Gasteiger partial charge on any atom is -0.448 e. The Balaban J connectivity index is 1.80. The van der Waals surface area contributed by atoms with E-state index in [9.17, 15) is 9.59 Å². The van der Waals surface area contributed by atoms with Crippen molar-refractivity contribution in [3.05, 3.63) is 22.5 Å². The SMILES string of the molecule is CC(=O)N1CCN(C(=O)c2cc3oc(Br)cc3n2C)CC1. The van der Waals surface area contributed by atoms with Gasteiger partial charge in [0.05, 0.1) is 5.52 Å². The van der Waals surface area contributed by atoms with E-state index in [4.69, 9.17) is 4.42 Å². The summed E-state index contributed by atoms with van der Waals surface area (Å²) in [5.74, 6) is 0.0338. The van der Waals surface area contributed by atoms with Crippen LogP contribution in [-0.2, 0) is 11.8 Å². The van der Waals surface area contributed by atoms with E-state index in [0.29, 0.717) is 42.1 Å². The molecule has 21 heavy (non-hydrogen) atoms. The molecule has 0 aromatic carbocycles. The van der Waals surface area contributed by atoms with Gasteiger partial charge in [-0.2, -0.15) is 0 Å². The van der Waals surface area contributed by atoms with Crippen molar-refractivity contribution in [1.82, 2.24) is 14.4 Å². The zero-order chi connectivity index (χ0) is 15.1. The van der Waals surface area contributed by atoms with Gasteiger partial charge >= 0.3 is 0 Å². The van der Waals surface area contributed by atoms with Crippen molar-refractivity contribution in [2.75, 3.05) is 26.2 Å². The van der Waals surface area contributed by atoms with Crippen molar-refractivity contribution < 1.29 is 14.0 Å². The van der Waals surface area contributed by atoms with E-state index >= 15 is 0 Å². The highest BCUT2D eigenvalue weighted by molar-refractivity contribution is 9.10. The Bertz CT molecular complexity index is 710. The molecule has 0 bridgehead atoms. The molecule has 0 atom stereocenters. The third kappa shape index (κ3) is 2.46. The van der Waals surface area contributed by atoms with E-state index in [-0.39, 0.29) is 11.8 Å². The van der Waals surface area contributed by atoms with Crippen LogP contribution >= 0.6 is 15.9 Å². The molecule has 0 radical (unpaired) electrons. The fraction of sp³-hybridized carbons (Fsp3) is 0.429. The van der Waals surface area contributed by atoms with E-state index in [1.165, 1.54) is 0 Å². The number of halogens is 1. The van der Waals surface area contributed by atoms with Crippen LogP contribution in [0.25, 0.3) is 11.1 Å². The van der Waals surface area contributed by atoms with Gasteiger partial charge in [0.2, 0.25) is 5.91 Å². The van der Waals surface area contributed by atoms with Crippen molar-refractivity contribution >= 4 is 38.8 Å². The van der Waals surface area contributed by atoms with Crippen LogP contribution in [-0.4, -0.2) is 52.4 Å². The Morgan fingerprint density at radius 3 is 2.33 bits per heavy atom. The fourth-order valence-electron chi connectivity index (χ4n) is 2.67. The number of hydrogen-bond donors (Lipinski definition) is 0. The minimum atomic E-state index is -0.0248. The first kappa shape index (κ1) is 14.2. The number of furan rings is 1. The molecular formula is C14H16BrN3O3. The molecule has 2 amide bonds. The second kappa shape index (κ2) is 5.22. The largest absolute Gasteiger partial charge is 0.448 e. The molecule has 0 saturated carbocycles. The summed E-state index contributed by atoms with van der Waals surface area (Å²) >= 11 is 3.28. The third-order valence-electron chi connectivity index (χ3n) is 3.93. The van der Waals surface area contributed by atoms with Gasteiger partial charge in [-0.3, -0.25) is 9.59 Å². The fourth-order valence-corrected chi connectivity index (χ4v) is 3.06. The molecule has 1 fully saturated rings. The molecular weight excluding hydrogens is 338 g/mol. The first-order valence-electron chi connectivity index (χ1n) is 6.77. The molecule has 2 aromatic rings. The summed E-state index contributed by atoms with van der Waals surface area (Å²) in [7, 11) is 1.85. The van der Waals surface area contributed by atoms with Gasteiger partial charge < -0.3 is 18.8 Å². The number of piperazine rings is 1. The van der Waals surface area contributed by atoms with E-state index in [1.54, 1.807) is 22.8 Å². The van der Waals surface area contributed by atoms with Crippen LogP contribution in [0.15, 0.2) is 21.2 Å². The molecule has 1 saturated heterocycles.